The van der Waals surface area contributed by atoms with Crippen LogP contribution in [0.3, 0.4) is 0 Å². The third-order valence-electron chi connectivity index (χ3n) is 4.19. The standard InChI is InChI=1S/C19H21N3O2/c1-19(24,16-11-21-22(2)12-16)13-20-18(23)10-15-8-5-7-14-6-3-4-9-17(14)15/h3-9,11-12,24H,10,13H2,1-2H3,(H,20,23). The van der Waals surface area contributed by atoms with Crippen LogP contribution >= 0.6 is 0 Å². The summed E-state index contributed by atoms with van der Waals surface area (Å²) < 4.78 is 1.63. The Morgan fingerprint density at radius 3 is 2.75 bits per heavy atom. The van der Waals surface area contributed by atoms with E-state index in [0.29, 0.717) is 5.56 Å². The highest BCUT2D eigenvalue weighted by molar-refractivity contribution is 5.90. The van der Waals surface area contributed by atoms with Crippen LogP contribution in [0.15, 0.2) is 54.9 Å². The van der Waals surface area contributed by atoms with Crippen molar-refractivity contribution in [1.82, 2.24) is 15.1 Å². The van der Waals surface area contributed by atoms with E-state index in [1.54, 1.807) is 31.0 Å². The molecule has 1 heterocycles. The van der Waals surface area contributed by atoms with Crippen LogP contribution in [0.5, 0.6) is 0 Å². The number of fused-ring (bicyclic) bond motifs is 1. The molecule has 5 heteroatoms. The number of rotatable bonds is 5. The minimum Gasteiger partial charge on any atom is -0.383 e. The van der Waals surface area contributed by atoms with E-state index < -0.39 is 5.60 Å². The Labute approximate surface area is 140 Å². The van der Waals surface area contributed by atoms with Crippen LogP contribution in [0.1, 0.15) is 18.1 Å². The summed E-state index contributed by atoms with van der Waals surface area (Å²) in [4.78, 5) is 12.3. The number of carbonyl (C=O) groups is 1. The number of hydrogen-bond acceptors (Lipinski definition) is 3. The summed E-state index contributed by atoms with van der Waals surface area (Å²) in [5.74, 6) is -0.115. The highest BCUT2D eigenvalue weighted by Crippen LogP contribution is 2.20. The lowest BCUT2D eigenvalue weighted by Gasteiger charge is -2.22. The molecular formula is C19H21N3O2. The average Bonchev–Trinajstić information content (AvgIpc) is 3.01. The third kappa shape index (κ3) is 3.46. The highest BCUT2D eigenvalue weighted by Gasteiger charge is 2.25. The Morgan fingerprint density at radius 1 is 1.25 bits per heavy atom. The second-order valence-corrected chi connectivity index (χ2v) is 6.27. The molecule has 3 rings (SSSR count). The maximum absolute atomic E-state index is 12.3. The van der Waals surface area contributed by atoms with Crippen molar-refractivity contribution in [2.45, 2.75) is 18.9 Å². The fraction of sp³-hybridized carbons (Fsp3) is 0.263. The normalized spacial score (nSPS) is 13.6. The van der Waals surface area contributed by atoms with E-state index in [0.717, 1.165) is 16.3 Å². The molecular weight excluding hydrogens is 302 g/mol. The largest absolute Gasteiger partial charge is 0.383 e. The number of aromatic nitrogens is 2. The average molecular weight is 323 g/mol. The molecule has 124 valence electrons. The number of nitrogens with one attached hydrogen (secondary N) is 1. The maximum atomic E-state index is 12.3. The zero-order valence-corrected chi connectivity index (χ0v) is 13.9. The highest BCUT2D eigenvalue weighted by atomic mass is 16.3. The van der Waals surface area contributed by atoms with Crippen molar-refractivity contribution in [1.29, 1.82) is 0 Å². The molecule has 0 spiro atoms. The molecule has 0 bridgehead atoms. The second kappa shape index (κ2) is 6.45. The predicted molar refractivity (Wildman–Crippen MR) is 93.4 cm³/mol. The van der Waals surface area contributed by atoms with Crippen molar-refractivity contribution in [3.05, 3.63) is 66.0 Å². The fourth-order valence-electron chi connectivity index (χ4n) is 2.75. The number of aryl methyl sites for hydroxylation is 1. The first-order valence-electron chi connectivity index (χ1n) is 7.90. The predicted octanol–water partition coefficient (Wildman–Crippen LogP) is 2.14. The second-order valence-electron chi connectivity index (χ2n) is 6.27. The van der Waals surface area contributed by atoms with E-state index in [9.17, 15) is 9.90 Å². The van der Waals surface area contributed by atoms with E-state index in [4.69, 9.17) is 0 Å². The lowest BCUT2D eigenvalue weighted by atomic mass is 9.99. The maximum Gasteiger partial charge on any atom is 0.224 e. The molecule has 0 saturated carbocycles. The van der Waals surface area contributed by atoms with Gasteiger partial charge in [-0.15, -0.1) is 0 Å². The molecule has 1 amide bonds. The molecule has 0 saturated heterocycles. The van der Waals surface area contributed by atoms with Crippen molar-refractivity contribution < 1.29 is 9.90 Å². The zero-order chi connectivity index (χ0) is 17.2. The zero-order valence-electron chi connectivity index (χ0n) is 13.9. The third-order valence-corrected chi connectivity index (χ3v) is 4.19. The van der Waals surface area contributed by atoms with Crippen molar-refractivity contribution >= 4 is 16.7 Å². The molecule has 3 aromatic rings. The molecule has 0 fully saturated rings. The molecule has 0 aliphatic rings. The molecule has 5 nitrogen and oxygen atoms in total. The Bertz CT molecular complexity index is 862. The molecule has 0 radical (unpaired) electrons. The summed E-state index contributed by atoms with van der Waals surface area (Å²) in [5, 5.41) is 19.6. The number of amides is 1. The molecule has 1 unspecified atom stereocenters. The number of carbonyl (C=O) groups excluding carboxylic acids is 1. The number of hydrogen-bond donors (Lipinski definition) is 2. The molecule has 2 N–H and O–H groups in total. The Kier molecular flexibility index (Phi) is 4.36. The smallest absolute Gasteiger partial charge is 0.224 e. The lowest BCUT2D eigenvalue weighted by Crippen LogP contribution is -2.39. The summed E-state index contributed by atoms with van der Waals surface area (Å²) in [6.45, 7) is 1.81. The van der Waals surface area contributed by atoms with Crippen LogP contribution in [-0.4, -0.2) is 27.3 Å². The van der Waals surface area contributed by atoms with Crippen molar-refractivity contribution in [3.8, 4) is 0 Å². The molecule has 2 aromatic carbocycles. The summed E-state index contributed by atoms with van der Waals surface area (Å²) in [5.41, 5.74) is 0.505. The SMILES string of the molecule is Cn1cc(C(C)(O)CNC(=O)Cc2cccc3ccccc23)cn1. The Balaban J connectivity index is 1.67. The van der Waals surface area contributed by atoms with Gasteiger partial charge in [-0.2, -0.15) is 5.10 Å². The first-order valence-corrected chi connectivity index (χ1v) is 7.90. The van der Waals surface area contributed by atoms with Gasteiger partial charge in [-0.3, -0.25) is 9.48 Å². The van der Waals surface area contributed by atoms with Gasteiger partial charge in [-0.1, -0.05) is 42.5 Å². The topological polar surface area (TPSA) is 67.2 Å². The van der Waals surface area contributed by atoms with Crippen molar-refractivity contribution in [2.24, 2.45) is 7.05 Å². The van der Waals surface area contributed by atoms with Gasteiger partial charge in [0, 0.05) is 18.8 Å². The quantitative estimate of drug-likeness (QED) is 0.756. The minimum atomic E-state index is -1.15. The summed E-state index contributed by atoms with van der Waals surface area (Å²) >= 11 is 0. The van der Waals surface area contributed by atoms with Gasteiger partial charge >= 0.3 is 0 Å². The monoisotopic (exact) mass is 323 g/mol. The van der Waals surface area contributed by atoms with Crippen LogP contribution in [-0.2, 0) is 23.9 Å². The lowest BCUT2D eigenvalue weighted by molar-refractivity contribution is -0.121. The number of benzene rings is 2. The molecule has 0 aliphatic carbocycles. The van der Waals surface area contributed by atoms with Crippen LogP contribution in [0.2, 0.25) is 0 Å². The summed E-state index contributed by atoms with van der Waals surface area (Å²) in [6, 6.07) is 13.9. The fourth-order valence-corrected chi connectivity index (χ4v) is 2.75. The first kappa shape index (κ1) is 16.2. The molecule has 1 atom stereocenters. The van der Waals surface area contributed by atoms with Gasteiger partial charge in [-0.25, -0.2) is 0 Å². The van der Waals surface area contributed by atoms with E-state index in [1.165, 1.54) is 0 Å². The van der Waals surface area contributed by atoms with Gasteiger partial charge in [-0.05, 0) is 23.3 Å². The molecule has 0 aliphatic heterocycles. The van der Waals surface area contributed by atoms with Crippen LogP contribution in [0, 0.1) is 0 Å². The summed E-state index contributed by atoms with van der Waals surface area (Å²) in [7, 11) is 1.79. The van der Waals surface area contributed by atoms with E-state index >= 15 is 0 Å². The van der Waals surface area contributed by atoms with Gasteiger partial charge < -0.3 is 10.4 Å². The van der Waals surface area contributed by atoms with Gasteiger partial charge in [0.2, 0.25) is 5.91 Å². The van der Waals surface area contributed by atoms with Gasteiger partial charge in [0.1, 0.15) is 5.60 Å². The van der Waals surface area contributed by atoms with Crippen LogP contribution in [0.25, 0.3) is 10.8 Å². The number of nitrogens with zero attached hydrogens (tertiary/aromatic N) is 2. The summed E-state index contributed by atoms with van der Waals surface area (Å²) in [6.07, 6.45) is 3.64. The van der Waals surface area contributed by atoms with Gasteiger partial charge in [0.05, 0.1) is 19.2 Å². The first-order chi connectivity index (χ1) is 11.5. The van der Waals surface area contributed by atoms with E-state index in [-0.39, 0.29) is 18.9 Å². The molecule has 1 aromatic heterocycles. The van der Waals surface area contributed by atoms with Crippen molar-refractivity contribution in [3.63, 3.8) is 0 Å². The number of aliphatic hydroxyl groups is 1. The van der Waals surface area contributed by atoms with Gasteiger partial charge in [0.15, 0.2) is 0 Å². The minimum absolute atomic E-state index is 0.115. The van der Waals surface area contributed by atoms with E-state index in [2.05, 4.69) is 10.4 Å². The molecule has 24 heavy (non-hydrogen) atoms. The Morgan fingerprint density at radius 2 is 2.00 bits per heavy atom. The Hall–Kier alpha value is -2.66. The van der Waals surface area contributed by atoms with Crippen molar-refractivity contribution in [2.75, 3.05) is 6.54 Å². The van der Waals surface area contributed by atoms with Crippen LogP contribution < -0.4 is 5.32 Å². The van der Waals surface area contributed by atoms with Crippen LogP contribution in [0.4, 0.5) is 0 Å². The van der Waals surface area contributed by atoms with E-state index in [1.807, 2.05) is 42.5 Å². The van der Waals surface area contributed by atoms with Gasteiger partial charge in [0.25, 0.3) is 0 Å².